The second kappa shape index (κ2) is 5.12. The van der Waals surface area contributed by atoms with Crippen molar-refractivity contribution in [2.45, 2.75) is 26.2 Å². The molecular formula is C15H17N5O. The normalized spacial score (nSPS) is 11.4. The number of benzene rings is 1. The fraction of sp³-hybridized carbons (Fsp3) is 0.333. The van der Waals surface area contributed by atoms with E-state index in [0.29, 0.717) is 34.9 Å². The van der Waals surface area contributed by atoms with E-state index in [1.165, 1.54) is 0 Å². The third kappa shape index (κ3) is 2.69. The smallest absolute Gasteiger partial charge is 0.258 e. The Bertz CT molecular complexity index is 847. The first-order valence-electron chi connectivity index (χ1n) is 6.90. The summed E-state index contributed by atoms with van der Waals surface area (Å²) in [6, 6.07) is 5.83. The average Bonchev–Trinajstić information content (AvgIpc) is 2.83. The van der Waals surface area contributed by atoms with Crippen LogP contribution in [-0.4, -0.2) is 24.7 Å². The fourth-order valence-corrected chi connectivity index (χ4v) is 2.26. The van der Waals surface area contributed by atoms with E-state index in [1.54, 1.807) is 18.1 Å². The molecule has 0 aliphatic rings. The molecule has 3 rings (SSSR count). The van der Waals surface area contributed by atoms with Crippen molar-refractivity contribution in [3.8, 4) is 0 Å². The Morgan fingerprint density at radius 3 is 2.81 bits per heavy atom. The Kier molecular flexibility index (Phi) is 3.29. The number of nitrogens with one attached hydrogen (secondary N) is 1. The number of aryl methyl sites for hydroxylation is 1. The predicted molar refractivity (Wildman–Crippen MR) is 80.3 cm³/mol. The van der Waals surface area contributed by atoms with Crippen molar-refractivity contribution in [1.82, 2.24) is 24.7 Å². The van der Waals surface area contributed by atoms with Crippen LogP contribution >= 0.6 is 0 Å². The second-order valence-electron chi connectivity index (χ2n) is 5.46. The first kappa shape index (κ1) is 13.5. The lowest BCUT2D eigenvalue weighted by molar-refractivity contribution is 0.744. The molecule has 0 unspecified atom stereocenters. The Hall–Kier alpha value is -2.50. The second-order valence-corrected chi connectivity index (χ2v) is 5.46. The van der Waals surface area contributed by atoms with Crippen LogP contribution in [0.3, 0.4) is 0 Å². The van der Waals surface area contributed by atoms with Gasteiger partial charge < -0.3 is 4.98 Å². The summed E-state index contributed by atoms with van der Waals surface area (Å²) >= 11 is 0. The number of rotatable bonds is 3. The maximum atomic E-state index is 12.2. The van der Waals surface area contributed by atoms with Gasteiger partial charge >= 0.3 is 0 Å². The molecule has 0 atom stereocenters. The van der Waals surface area contributed by atoms with E-state index in [9.17, 15) is 4.79 Å². The molecule has 0 aliphatic carbocycles. The predicted octanol–water partition coefficient (Wildman–Crippen LogP) is 1.77. The molecule has 0 radical (unpaired) electrons. The maximum Gasteiger partial charge on any atom is 0.258 e. The quantitative estimate of drug-likeness (QED) is 0.794. The van der Waals surface area contributed by atoms with Gasteiger partial charge in [-0.2, -0.15) is 5.10 Å². The third-order valence-electron chi connectivity index (χ3n) is 3.42. The van der Waals surface area contributed by atoms with Crippen molar-refractivity contribution in [2.24, 2.45) is 7.05 Å². The van der Waals surface area contributed by atoms with E-state index < -0.39 is 0 Å². The molecule has 6 heteroatoms. The number of aromatic nitrogens is 5. The summed E-state index contributed by atoms with van der Waals surface area (Å²) in [5.74, 6) is 1.60. The van der Waals surface area contributed by atoms with Crippen LogP contribution in [0.4, 0.5) is 0 Å². The maximum absolute atomic E-state index is 12.2. The third-order valence-corrected chi connectivity index (χ3v) is 3.42. The Morgan fingerprint density at radius 1 is 1.33 bits per heavy atom. The summed E-state index contributed by atoms with van der Waals surface area (Å²) in [5.41, 5.74) is 1.72. The minimum Gasteiger partial charge on any atom is -0.310 e. The highest BCUT2D eigenvalue weighted by Crippen LogP contribution is 2.18. The van der Waals surface area contributed by atoms with Crippen molar-refractivity contribution in [3.63, 3.8) is 0 Å². The van der Waals surface area contributed by atoms with Gasteiger partial charge in [-0.05, 0) is 23.6 Å². The van der Waals surface area contributed by atoms with Crippen LogP contribution in [-0.2, 0) is 13.5 Å². The zero-order chi connectivity index (χ0) is 15.0. The number of hydrogen-bond acceptors (Lipinski definition) is 4. The molecule has 21 heavy (non-hydrogen) atoms. The largest absolute Gasteiger partial charge is 0.310 e. The lowest BCUT2D eigenvalue weighted by Gasteiger charge is -2.07. The van der Waals surface area contributed by atoms with Crippen molar-refractivity contribution in [3.05, 3.63) is 52.1 Å². The molecule has 0 amide bonds. The first-order valence-corrected chi connectivity index (χ1v) is 6.90. The van der Waals surface area contributed by atoms with Gasteiger partial charge in [0.25, 0.3) is 5.56 Å². The lowest BCUT2D eigenvalue weighted by atomic mass is 10.0. The Balaban J connectivity index is 2.03. The van der Waals surface area contributed by atoms with Crippen LogP contribution in [0, 0.1) is 0 Å². The van der Waals surface area contributed by atoms with E-state index in [0.717, 1.165) is 5.56 Å². The molecule has 0 saturated heterocycles. The Morgan fingerprint density at radius 2 is 2.14 bits per heavy atom. The van der Waals surface area contributed by atoms with E-state index in [4.69, 9.17) is 0 Å². The summed E-state index contributed by atoms with van der Waals surface area (Å²) in [7, 11) is 1.81. The van der Waals surface area contributed by atoms with E-state index in [2.05, 4.69) is 33.9 Å². The van der Waals surface area contributed by atoms with Crippen molar-refractivity contribution < 1.29 is 0 Å². The molecule has 3 aromatic rings. The molecule has 0 spiro atoms. The van der Waals surface area contributed by atoms with Crippen LogP contribution in [0.2, 0.25) is 0 Å². The van der Waals surface area contributed by atoms with Crippen molar-refractivity contribution in [1.29, 1.82) is 0 Å². The average molecular weight is 283 g/mol. The summed E-state index contributed by atoms with van der Waals surface area (Å²) in [6.07, 6.45) is 2.04. The molecule has 0 bridgehead atoms. The molecule has 1 N–H and O–H groups in total. The lowest BCUT2D eigenvalue weighted by Crippen LogP contribution is -2.13. The van der Waals surface area contributed by atoms with E-state index >= 15 is 0 Å². The van der Waals surface area contributed by atoms with Gasteiger partial charge in [-0.3, -0.25) is 9.48 Å². The van der Waals surface area contributed by atoms with Crippen LogP contribution in [0.1, 0.15) is 37.0 Å². The van der Waals surface area contributed by atoms with Crippen LogP contribution in [0.15, 0.2) is 29.3 Å². The number of nitrogens with zero attached hydrogens (tertiary/aromatic N) is 4. The van der Waals surface area contributed by atoms with Crippen molar-refractivity contribution in [2.75, 3.05) is 0 Å². The van der Waals surface area contributed by atoms with Gasteiger partial charge in [0.15, 0.2) is 5.82 Å². The van der Waals surface area contributed by atoms with Gasteiger partial charge in [-0.25, -0.2) is 9.97 Å². The molecule has 0 aliphatic heterocycles. The number of aromatic amines is 1. The monoisotopic (exact) mass is 283 g/mol. The molecule has 108 valence electrons. The molecular weight excluding hydrogens is 266 g/mol. The number of hydrogen-bond donors (Lipinski definition) is 1. The molecule has 6 nitrogen and oxygen atoms in total. The minimum atomic E-state index is -0.117. The van der Waals surface area contributed by atoms with Crippen LogP contribution in [0.25, 0.3) is 10.9 Å². The zero-order valence-corrected chi connectivity index (χ0v) is 12.3. The van der Waals surface area contributed by atoms with Crippen molar-refractivity contribution >= 4 is 10.9 Å². The SMILES string of the molecule is CC(C)c1ccc2nc(Cc3ncn(C)n3)[nH]c(=O)c2c1. The summed E-state index contributed by atoms with van der Waals surface area (Å²) in [6.45, 7) is 4.20. The van der Waals surface area contributed by atoms with Gasteiger partial charge in [0.1, 0.15) is 12.2 Å². The summed E-state index contributed by atoms with van der Waals surface area (Å²) in [4.78, 5) is 23.7. The zero-order valence-electron chi connectivity index (χ0n) is 12.3. The fourth-order valence-electron chi connectivity index (χ4n) is 2.26. The van der Waals surface area contributed by atoms with Crippen LogP contribution in [0.5, 0.6) is 0 Å². The highest BCUT2D eigenvalue weighted by Gasteiger charge is 2.09. The number of H-pyrrole nitrogens is 1. The standard InChI is InChI=1S/C15H17N5O/c1-9(2)10-4-5-12-11(6-10)15(21)18-14(17-12)7-13-16-8-20(3)19-13/h4-6,8-9H,7H2,1-3H3,(H,17,18,21). The molecule has 0 saturated carbocycles. The number of fused-ring (bicyclic) bond motifs is 1. The molecule has 2 aromatic heterocycles. The van der Waals surface area contributed by atoms with Gasteiger partial charge in [0, 0.05) is 7.05 Å². The van der Waals surface area contributed by atoms with E-state index in [1.807, 2.05) is 18.2 Å². The molecule has 1 aromatic carbocycles. The first-order chi connectivity index (χ1) is 10.0. The van der Waals surface area contributed by atoms with Gasteiger partial charge in [-0.15, -0.1) is 0 Å². The Labute approximate surface area is 121 Å². The topological polar surface area (TPSA) is 76.5 Å². The molecule has 0 fully saturated rings. The van der Waals surface area contributed by atoms with Crippen LogP contribution < -0.4 is 5.56 Å². The molecule has 2 heterocycles. The minimum absolute atomic E-state index is 0.117. The highest BCUT2D eigenvalue weighted by molar-refractivity contribution is 5.78. The van der Waals surface area contributed by atoms with Gasteiger partial charge in [0.05, 0.1) is 17.3 Å². The highest BCUT2D eigenvalue weighted by atomic mass is 16.1. The van der Waals surface area contributed by atoms with Gasteiger partial charge in [0.2, 0.25) is 0 Å². The summed E-state index contributed by atoms with van der Waals surface area (Å²) < 4.78 is 1.63. The van der Waals surface area contributed by atoms with E-state index in [-0.39, 0.29) is 5.56 Å². The summed E-state index contributed by atoms with van der Waals surface area (Å²) in [5, 5.41) is 4.82. The van der Waals surface area contributed by atoms with Gasteiger partial charge in [-0.1, -0.05) is 19.9 Å².